The monoisotopic (exact) mass is 210 g/mol. The summed E-state index contributed by atoms with van der Waals surface area (Å²) in [5.74, 6) is -0.713. The molecule has 0 amide bonds. The van der Waals surface area contributed by atoms with Crippen LogP contribution in [-0.2, 0) is 0 Å². The predicted octanol–water partition coefficient (Wildman–Crippen LogP) is 1.40. The van der Waals surface area contributed by atoms with Crippen LogP contribution in [0.1, 0.15) is 10.4 Å². The van der Waals surface area contributed by atoms with Gasteiger partial charge in [0.05, 0.1) is 11.8 Å². The lowest BCUT2D eigenvalue weighted by atomic mass is 10.2. The zero-order valence-electron chi connectivity index (χ0n) is 7.22. The molecule has 0 unspecified atom stereocenters. The molecule has 0 radical (unpaired) electrons. The van der Waals surface area contributed by atoms with Crippen molar-refractivity contribution < 1.29 is 14.6 Å². The van der Waals surface area contributed by atoms with Crippen molar-refractivity contribution in [3.8, 4) is 5.75 Å². The third-order valence-corrected chi connectivity index (χ3v) is 2.49. The number of benzene rings is 1. The standard InChI is InChI=1S/C8H6N2O3S/c1-13-6-3-5-7(14-10-9-5)2-4(6)8(11)12/h2-3H,1H3,(H,11,12). The van der Waals surface area contributed by atoms with Crippen LogP contribution in [0.25, 0.3) is 10.2 Å². The molecule has 0 atom stereocenters. The number of nitrogens with zero attached hydrogens (tertiary/aromatic N) is 2. The van der Waals surface area contributed by atoms with E-state index >= 15 is 0 Å². The summed E-state index contributed by atoms with van der Waals surface area (Å²) >= 11 is 1.16. The minimum atomic E-state index is -1.02. The maximum Gasteiger partial charge on any atom is 0.339 e. The molecular weight excluding hydrogens is 204 g/mol. The van der Waals surface area contributed by atoms with Gasteiger partial charge >= 0.3 is 5.97 Å². The summed E-state index contributed by atoms with van der Waals surface area (Å²) in [6, 6.07) is 3.09. The number of fused-ring (bicyclic) bond motifs is 1. The second-order valence-corrected chi connectivity index (χ2v) is 3.38. The molecule has 0 bridgehead atoms. The lowest BCUT2D eigenvalue weighted by Crippen LogP contribution is -1.99. The Kier molecular flexibility index (Phi) is 2.05. The van der Waals surface area contributed by atoms with Crippen LogP contribution in [0.15, 0.2) is 12.1 Å². The van der Waals surface area contributed by atoms with Crippen molar-refractivity contribution in [2.45, 2.75) is 0 Å². The van der Waals surface area contributed by atoms with Crippen LogP contribution >= 0.6 is 11.5 Å². The Bertz CT molecular complexity index is 494. The Morgan fingerprint density at radius 3 is 3.00 bits per heavy atom. The fraction of sp³-hybridized carbons (Fsp3) is 0.125. The van der Waals surface area contributed by atoms with Gasteiger partial charge in [-0.15, -0.1) is 5.10 Å². The predicted molar refractivity (Wildman–Crippen MR) is 50.9 cm³/mol. The van der Waals surface area contributed by atoms with Crippen LogP contribution in [0.3, 0.4) is 0 Å². The number of methoxy groups -OCH3 is 1. The summed E-state index contributed by atoms with van der Waals surface area (Å²) in [7, 11) is 1.42. The average molecular weight is 210 g/mol. The Morgan fingerprint density at radius 1 is 1.57 bits per heavy atom. The number of carboxylic acids is 1. The summed E-state index contributed by atoms with van der Waals surface area (Å²) in [6.45, 7) is 0. The highest BCUT2D eigenvalue weighted by molar-refractivity contribution is 7.12. The molecule has 5 nitrogen and oxygen atoms in total. The molecule has 72 valence electrons. The van der Waals surface area contributed by atoms with E-state index in [1.165, 1.54) is 13.2 Å². The largest absolute Gasteiger partial charge is 0.496 e. The molecule has 14 heavy (non-hydrogen) atoms. The van der Waals surface area contributed by atoms with Crippen molar-refractivity contribution in [2.75, 3.05) is 7.11 Å². The van der Waals surface area contributed by atoms with Crippen LogP contribution in [0, 0.1) is 0 Å². The SMILES string of the molecule is COc1cc2nnsc2cc1C(=O)O. The molecular formula is C8H6N2O3S. The van der Waals surface area contributed by atoms with Gasteiger partial charge in [-0.3, -0.25) is 0 Å². The smallest absolute Gasteiger partial charge is 0.339 e. The molecule has 6 heteroatoms. The summed E-state index contributed by atoms with van der Waals surface area (Å²) in [6.07, 6.45) is 0. The first kappa shape index (κ1) is 8.89. The van der Waals surface area contributed by atoms with Crippen molar-refractivity contribution in [1.29, 1.82) is 0 Å². The Hall–Kier alpha value is -1.69. The molecule has 1 aromatic carbocycles. The van der Waals surface area contributed by atoms with Gasteiger partial charge in [-0.25, -0.2) is 4.79 Å². The van der Waals surface area contributed by atoms with Gasteiger partial charge in [0.2, 0.25) is 0 Å². The summed E-state index contributed by atoms with van der Waals surface area (Å²) in [5.41, 5.74) is 0.780. The molecule has 0 saturated carbocycles. The van der Waals surface area contributed by atoms with Crippen LogP contribution in [0.5, 0.6) is 5.75 Å². The van der Waals surface area contributed by atoms with E-state index in [0.29, 0.717) is 11.3 Å². The normalized spacial score (nSPS) is 10.4. The lowest BCUT2D eigenvalue weighted by Gasteiger charge is -2.03. The molecule has 1 heterocycles. The molecule has 1 N–H and O–H groups in total. The van der Waals surface area contributed by atoms with Gasteiger partial charge in [0.25, 0.3) is 0 Å². The van der Waals surface area contributed by atoms with Crippen molar-refractivity contribution in [3.63, 3.8) is 0 Å². The van der Waals surface area contributed by atoms with Crippen LogP contribution in [0.2, 0.25) is 0 Å². The number of carbonyl (C=O) groups is 1. The van der Waals surface area contributed by atoms with Crippen molar-refractivity contribution >= 4 is 27.7 Å². The number of rotatable bonds is 2. The maximum absolute atomic E-state index is 10.8. The van der Waals surface area contributed by atoms with E-state index in [0.717, 1.165) is 16.2 Å². The topological polar surface area (TPSA) is 72.3 Å². The zero-order chi connectivity index (χ0) is 10.1. The first-order valence-electron chi connectivity index (χ1n) is 3.76. The minimum absolute atomic E-state index is 0.131. The molecule has 0 aliphatic heterocycles. The minimum Gasteiger partial charge on any atom is -0.496 e. The molecule has 0 saturated heterocycles. The first-order chi connectivity index (χ1) is 6.72. The van der Waals surface area contributed by atoms with Crippen molar-refractivity contribution in [1.82, 2.24) is 9.59 Å². The molecule has 2 rings (SSSR count). The number of ether oxygens (including phenoxy) is 1. The summed E-state index contributed by atoms with van der Waals surface area (Å²) < 4.78 is 9.40. The highest BCUT2D eigenvalue weighted by Gasteiger charge is 2.13. The van der Waals surface area contributed by atoms with E-state index in [4.69, 9.17) is 9.84 Å². The van der Waals surface area contributed by atoms with Gasteiger partial charge < -0.3 is 9.84 Å². The second-order valence-electron chi connectivity index (χ2n) is 2.60. The number of hydrogen-bond donors (Lipinski definition) is 1. The number of hydrogen-bond acceptors (Lipinski definition) is 5. The third-order valence-electron chi connectivity index (χ3n) is 1.80. The zero-order valence-corrected chi connectivity index (χ0v) is 8.04. The van der Waals surface area contributed by atoms with Crippen LogP contribution in [-0.4, -0.2) is 27.8 Å². The van der Waals surface area contributed by atoms with E-state index in [1.807, 2.05) is 0 Å². The van der Waals surface area contributed by atoms with Gasteiger partial charge in [-0.2, -0.15) is 0 Å². The van der Waals surface area contributed by atoms with E-state index in [-0.39, 0.29) is 5.56 Å². The number of aromatic nitrogens is 2. The Labute approximate surface area is 83.1 Å². The van der Waals surface area contributed by atoms with E-state index < -0.39 is 5.97 Å². The molecule has 0 aliphatic carbocycles. The fourth-order valence-corrected chi connectivity index (χ4v) is 1.73. The van der Waals surface area contributed by atoms with Crippen molar-refractivity contribution in [3.05, 3.63) is 17.7 Å². The molecule has 1 aromatic heterocycles. The Morgan fingerprint density at radius 2 is 2.36 bits per heavy atom. The first-order valence-corrected chi connectivity index (χ1v) is 4.53. The van der Waals surface area contributed by atoms with Crippen molar-refractivity contribution in [2.24, 2.45) is 0 Å². The fourth-order valence-electron chi connectivity index (χ4n) is 1.14. The van der Waals surface area contributed by atoms with Gasteiger partial charge in [-0.05, 0) is 17.6 Å². The van der Waals surface area contributed by atoms with E-state index in [1.54, 1.807) is 6.07 Å². The third kappa shape index (κ3) is 1.29. The molecule has 0 fully saturated rings. The molecule has 2 aromatic rings. The van der Waals surface area contributed by atoms with E-state index in [9.17, 15) is 4.79 Å². The maximum atomic E-state index is 10.8. The van der Waals surface area contributed by atoms with Gasteiger partial charge in [-0.1, -0.05) is 4.49 Å². The summed E-state index contributed by atoms with van der Waals surface area (Å²) in [4.78, 5) is 10.8. The van der Waals surface area contributed by atoms with Gasteiger partial charge in [0, 0.05) is 6.07 Å². The Balaban J connectivity index is 2.72. The van der Waals surface area contributed by atoms with E-state index in [2.05, 4.69) is 9.59 Å². The highest BCUT2D eigenvalue weighted by Crippen LogP contribution is 2.26. The van der Waals surface area contributed by atoms with Crippen LogP contribution in [0.4, 0.5) is 0 Å². The van der Waals surface area contributed by atoms with Gasteiger partial charge in [0.1, 0.15) is 16.8 Å². The molecule has 0 spiro atoms. The molecule has 0 aliphatic rings. The quantitative estimate of drug-likeness (QED) is 0.811. The second kappa shape index (κ2) is 3.22. The van der Waals surface area contributed by atoms with Gasteiger partial charge in [0.15, 0.2) is 0 Å². The lowest BCUT2D eigenvalue weighted by molar-refractivity contribution is 0.0693. The average Bonchev–Trinajstić information content (AvgIpc) is 2.62. The number of carboxylic acid groups (broad SMARTS) is 1. The number of aromatic carboxylic acids is 1. The highest BCUT2D eigenvalue weighted by atomic mass is 32.1. The summed E-state index contributed by atoms with van der Waals surface area (Å²) in [5, 5.41) is 12.7. The van der Waals surface area contributed by atoms with Crippen LogP contribution < -0.4 is 4.74 Å².